The van der Waals surface area contributed by atoms with Crippen LogP contribution in [0.25, 0.3) is 0 Å². The summed E-state index contributed by atoms with van der Waals surface area (Å²) in [6, 6.07) is 0.794. The molecule has 0 radical (unpaired) electrons. The molecule has 96 valence electrons. The molecular formula is C15H31N. The van der Waals surface area contributed by atoms with Gasteiger partial charge in [0.2, 0.25) is 0 Å². The van der Waals surface area contributed by atoms with Gasteiger partial charge in [0, 0.05) is 6.04 Å². The maximum Gasteiger partial charge on any atom is 0.00923 e. The molecule has 0 aliphatic heterocycles. The minimum absolute atomic E-state index is 0.794. The molecule has 1 N–H and O–H groups in total. The van der Waals surface area contributed by atoms with E-state index in [0.29, 0.717) is 0 Å². The third-order valence-electron chi connectivity index (χ3n) is 4.40. The van der Waals surface area contributed by atoms with Crippen LogP contribution in [0.3, 0.4) is 0 Å². The lowest BCUT2D eigenvalue weighted by atomic mass is 9.76. The summed E-state index contributed by atoms with van der Waals surface area (Å²) in [5, 5.41) is 3.55. The number of unbranched alkanes of at least 4 members (excludes halogenated alkanes) is 1. The van der Waals surface area contributed by atoms with E-state index in [2.05, 4.69) is 26.2 Å². The second-order valence-corrected chi connectivity index (χ2v) is 5.61. The molecule has 1 fully saturated rings. The van der Waals surface area contributed by atoms with Crippen LogP contribution in [0.2, 0.25) is 0 Å². The van der Waals surface area contributed by atoms with E-state index in [1.54, 1.807) is 0 Å². The summed E-state index contributed by atoms with van der Waals surface area (Å²) in [5.41, 5.74) is 0. The lowest BCUT2D eigenvalue weighted by molar-refractivity contribution is 0.210. The Morgan fingerprint density at radius 2 is 1.75 bits per heavy atom. The van der Waals surface area contributed by atoms with Gasteiger partial charge < -0.3 is 5.32 Å². The summed E-state index contributed by atoms with van der Waals surface area (Å²) in [5.74, 6) is 2.01. The largest absolute Gasteiger partial charge is 0.317 e. The highest BCUT2D eigenvalue weighted by molar-refractivity contribution is 4.81. The van der Waals surface area contributed by atoms with Crippen molar-refractivity contribution < 1.29 is 0 Å². The van der Waals surface area contributed by atoms with Crippen LogP contribution >= 0.6 is 0 Å². The van der Waals surface area contributed by atoms with Crippen molar-refractivity contribution in [1.29, 1.82) is 0 Å². The molecular weight excluding hydrogens is 194 g/mol. The average Bonchev–Trinajstić information content (AvgIpc) is 2.32. The summed E-state index contributed by atoms with van der Waals surface area (Å²) < 4.78 is 0. The molecule has 1 aliphatic carbocycles. The highest BCUT2D eigenvalue weighted by Crippen LogP contribution is 2.34. The fourth-order valence-corrected chi connectivity index (χ4v) is 3.33. The zero-order chi connectivity index (χ0) is 11.8. The van der Waals surface area contributed by atoms with E-state index >= 15 is 0 Å². The first-order valence-corrected chi connectivity index (χ1v) is 7.49. The SMILES string of the molecule is CCCCC(NC)C1CCC(CCC)CC1. The first-order valence-electron chi connectivity index (χ1n) is 7.49. The van der Waals surface area contributed by atoms with E-state index in [4.69, 9.17) is 0 Å². The number of rotatable bonds is 7. The molecule has 0 saturated heterocycles. The van der Waals surface area contributed by atoms with Crippen molar-refractivity contribution in [3.63, 3.8) is 0 Å². The van der Waals surface area contributed by atoms with Gasteiger partial charge in [-0.25, -0.2) is 0 Å². The number of hydrogen-bond donors (Lipinski definition) is 1. The van der Waals surface area contributed by atoms with Gasteiger partial charge in [-0.2, -0.15) is 0 Å². The number of nitrogens with one attached hydrogen (secondary N) is 1. The van der Waals surface area contributed by atoms with Crippen molar-refractivity contribution in [2.75, 3.05) is 7.05 Å². The molecule has 0 amide bonds. The topological polar surface area (TPSA) is 12.0 Å². The van der Waals surface area contributed by atoms with Gasteiger partial charge in [0.15, 0.2) is 0 Å². The Morgan fingerprint density at radius 1 is 1.06 bits per heavy atom. The monoisotopic (exact) mass is 225 g/mol. The molecule has 0 heterocycles. The maximum atomic E-state index is 3.55. The summed E-state index contributed by atoms with van der Waals surface area (Å²) >= 11 is 0. The van der Waals surface area contributed by atoms with Gasteiger partial charge in [0.25, 0.3) is 0 Å². The summed E-state index contributed by atoms with van der Waals surface area (Å²) in [4.78, 5) is 0. The predicted molar refractivity (Wildman–Crippen MR) is 72.7 cm³/mol. The third-order valence-corrected chi connectivity index (χ3v) is 4.40. The molecule has 0 aromatic heterocycles. The van der Waals surface area contributed by atoms with E-state index in [1.807, 2.05) is 0 Å². The molecule has 1 rings (SSSR count). The molecule has 16 heavy (non-hydrogen) atoms. The fourth-order valence-electron chi connectivity index (χ4n) is 3.33. The van der Waals surface area contributed by atoms with Gasteiger partial charge in [-0.3, -0.25) is 0 Å². The second kappa shape index (κ2) is 8.11. The van der Waals surface area contributed by atoms with Crippen molar-refractivity contribution in [2.24, 2.45) is 11.8 Å². The van der Waals surface area contributed by atoms with Gasteiger partial charge in [0.05, 0.1) is 0 Å². The molecule has 1 aliphatic rings. The quantitative estimate of drug-likeness (QED) is 0.678. The van der Waals surface area contributed by atoms with Crippen molar-refractivity contribution in [3.8, 4) is 0 Å². The molecule has 1 saturated carbocycles. The molecule has 0 aromatic carbocycles. The average molecular weight is 225 g/mol. The molecule has 1 nitrogen and oxygen atoms in total. The van der Waals surface area contributed by atoms with Crippen LogP contribution in [0, 0.1) is 11.8 Å². The molecule has 1 atom stereocenters. The lowest BCUT2D eigenvalue weighted by Gasteiger charge is -2.34. The van der Waals surface area contributed by atoms with Gasteiger partial charge in [-0.05, 0) is 38.1 Å². The van der Waals surface area contributed by atoms with Crippen molar-refractivity contribution in [1.82, 2.24) is 5.32 Å². The van der Waals surface area contributed by atoms with Gasteiger partial charge in [-0.1, -0.05) is 52.4 Å². The van der Waals surface area contributed by atoms with E-state index < -0.39 is 0 Å². The number of hydrogen-bond acceptors (Lipinski definition) is 1. The lowest BCUT2D eigenvalue weighted by Crippen LogP contribution is -2.35. The van der Waals surface area contributed by atoms with Crippen LogP contribution < -0.4 is 5.32 Å². The van der Waals surface area contributed by atoms with Crippen LogP contribution in [0.1, 0.15) is 71.6 Å². The Hall–Kier alpha value is -0.0400. The first-order chi connectivity index (χ1) is 7.81. The van der Waals surface area contributed by atoms with Crippen LogP contribution in [-0.2, 0) is 0 Å². The first kappa shape index (κ1) is 14.0. The van der Waals surface area contributed by atoms with E-state index in [9.17, 15) is 0 Å². The highest BCUT2D eigenvalue weighted by atomic mass is 14.9. The Kier molecular flexibility index (Phi) is 7.11. The maximum absolute atomic E-state index is 3.55. The molecule has 1 unspecified atom stereocenters. The van der Waals surface area contributed by atoms with Crippen molar-refractivity contribution in [3.05, 3.63) is 0 Å². The van der Waals surface area contributed by atoms with Crippen LogP contribution in [0.5, 0.6) is 0 Å². The summed E-state index contributed by atoms with van der Waals surface area (Å²) in [6.45, 7) is 4.62. The van der Waals surface area contributed by atoms with E-state index in [0.717, 1.165) is 17.9 Å². The summed E-state index contributed by atoms with van der Waals surface area (Å²) in [7, 11) is 2.15. The zero-order valence-electron chi connectivity index (χ0n) is 11.6. The van der Waals surface area contributed by atoms with Crippen LogP contribution in [0.15, 0.2) is 0 Å². The van der Waals surface area contributed by atoms with Gasteiger partial charge in [0.1, 0.15) is 0 Å². The highest BCUT2D eigenvalue weighted by Gasteiger charge is 2.25. The third kappa shape index (κ3) is 4.45. The predicted octanol–water partition coefficient (Wildman–Crippen LogP) is 4.37. The van der Waals surface area contributed by atoms with Crippen LogP contribution in [0.4, 0.5) is 0 Å². The Bertz CT molecular complexity index is 159. The van der Waals surface area contributed by atoms with Crippen molar-refractivity contribution >= 4 is 0 Å². The van der Waals surface area contributed by atoms with Crippen LogP contribution in [-0.4, -0.2) is 13.1 Å². The zero-order valence-corrected chi connectivity index (χ0v) is 11.6. The second-order valence-electron chi connectivity index (χ2n) is 5.61. The Balaban J connectivity index is 2.27. The molecule has 0 aromatic rings. The van der Waals surface area contributed by atoms with E-state index in [1.165, 1.54) is 57.8 Å². The molecule has 0 bridgehead atoms. The standard InChI is InChI=1S/C15H31N/c1-4-6-8-15(16-3)14-11-9-13(7-5-2)10-12-14/h13-16H,4-12H2,1-3H3. The molecule has 0 spiro atoms. The summed E-state index contributed by atoms with van der Waals surface area (Å²) in [6.07, 6.45) is 12.9. The van der Waals surface area contributed by atoms with E-state index in [-0.39, 0.29) is 0 Å². The van der Waals surface area contributed by atoms with Crippen molar-refractivity contribution in [2.45, 2.75) is 77.7 Å². The minimum Gasteiger partial charge on any atom is -0.317 e. The Morgan fingerprint density at radius 3 is 2.25 bits per heavy atom. The van der Waals surface area contributed by atoms with Gasteiger partial charge in [-0.15, -0.1) is 0 Å². The molecule has 1 heteroatoms. The van der Waals surface area contributed by atoms with Gasteiger partial charge >= 0.3 is 0 Å². The normalized spacial score (nSPS) is 27.9. The Labute approximate surface area is 102 Å². The smallest absolute Gasteiger partial charge is 0.00923 e. The fraction of sp³-hybridized carbons (Fsp3) is 1.00. The minimum atomic E-state index is 0.794.